The van der Waals surface area contributed by atoms with Gasteiger partial charge in [0.25, 0.3) is 5.79 Å². The molecule has 0 saturated carbocycles. The second-order valence-corrected chi connectivity index (χ2v) is 25.0. The summed E-state index contributed by atoms with van der Waals surface area (Å²) in [6.45, 7) is 2.20. The van der Waals surface area contributed by atoms with E-state index in [4.69, 9.17) is 28.4 Å². The van der Waals surface area contributed by atoms with E-state index in [0.717, 1.165) is 58.3 Å². The zero-order valence-corrected chi connectivity index (χ0v) is 53.1. The van der Waals surface area contributed by atoms with Gasteiger partial charge in [0.05, 0.1) is 50.7 Å². The van der Waals surface area contributed by atoms with Gasteiger partial charge in [-0.3, -0.25) is 9.59 Å². The summed E-state index contributed by atoms with van der Waals surface area (Å²) in [7, 11) is 0. The van der Waals surface area contributed by atoms with Gasteiger partial charge in [0, 0.05) is 19.8 Å². The summed E-state index contributed by atoms with van der Waals surface area (Å²) < 4.78 is 34.8. The molecule has 3 fully saturated rings. The molecule has 3 aliphatic heterocycles. The molecule has 23 heteroatoms. The van der Waals surface area contributed by atoms with Crippen LogP contribution in [0, 0.1) is 0 Å². The fourth-order valence-corrected chi connectivity index (χ4v) is 12.1. The second-order valence-electron chi connectivity index (χ2n) is 25.0. The fraction of sp³-hybridized carbons (Fsp3) is 0.953. The molecule has 14 N–H and O–H groups in total. The van der Waals surface area contributed by atoms with Crippen molar-refractivity contribution in [1.29, 1.82) is 0 Å². The average molecular weight is 1250 g/mol. The summed E-state index contributed by atoms with van der Waals surface area (Å²) in [6.07, 6.45) is 11.2. The summed E-state index contributed by atoms with van der Waals surface area (Å²) in [6, 6.07) is -2.52. The highest BCUT2D eigenvalue weighted by atomic mass is 16.8. The Kier molecular flexibility index (Phi) is 41.7. The van der Waals surface area contributed by atoms with E-state index in [1.807, 2.05) is 0 Å². The van der Waals surface area contributed by atoms with Crippen LogP contribution in [-0.4, -0.2) is 215 Å². The van der Waals surface area contributed by atoms with Crippen molar-refractivity contribution < 1.29 is 104 Å². The predicted molar refractivity (Wildman–Crippen MR) is 325 cm³/mol. The molecule has 3 aliphatic rings. The number of hydrogen-bond donors (Lipinski definition) is 14. The smallest absolute Gasteiger partial charge is 0.364 e. The zero-order valence-electron chi connectivity index (χ0n) is 53.1. The highest BCUT2D eigenvalue weighted by Gasteiger charge is 2.60. The molecule has 3 rings (SSSR count). The number of aliphatic hydroxyl groups excluding tert-OH is 11. The van der Waals surface area contributed by atoms with Gasteiger partial charge in [-0.25, -0.2) is 4.79 Å². The van der Waals surface area contributed by atoms with E-state index in [1.165, 1.54) is 148 Å². The van der Waals surface area contributed by atoms with Crippen molar-refractivity contribution in [2.45, 2.75) is 362 Å². The third-order valence-electron chi connectivity index (χ3n) is 17.6. The Morgan fingerprint density at radius 3 is 1.44 bits per heavy atom. The van der Waals surface area contributed by atoms with Gasteiger partial charge in [0.1, 0.15) is 67.1 Å². The average Bonchev–Trinajstić information content (AvgIpc) is 1.14. The first-order valence-electron chi connectivity index (χ1n) is 33.9. The predicted octanol–water partition coefficient (Wildman–Crippen LogP) is 5.34. The van der Waals surface area contributed by atoms with Crippen LogP contribution in [0.4, 0.5) is 0 Å². The lowest BCUT2D eigenvalue weighted by atomic mass is 9.88. The Balaban J connectivity index is 1.59. The molecule has 2 amide bonds. The quantitative estimate of drug-likeness (QED) is 0.0342. The van der Waals surface area contributed by atoms with Crippen LogP contribution >= 0.6 is 0 Å². The SMILES string of the molecule is CCCCCCCCCCCCCCCCCCCCCCCC(O)C(COC1OC(CO)C(OC2OC(CO)C(O)C(OC3(C(=O)O)CC(O)C(NC(C)=O)C(C(O)C(O)CO)O3)C2O)C(O)C1O)NC(=O)CCCCCCCCCCCCCC. The molecule has 18 atom stereocenters. The molecule has 23 nitrogen and oxygen atoms in total. The van der Waals surface area contributed by atoms with Crippen LogP contribution in [0.1, 0.15) is 252 Å². The van der Waals surface area contributed by atoms with Crippen LogP contribution < -0.4 is 10.6 Å². The van der Waals surface area contributed by atoms with Gasteiger partial charge >= 0.3 is 5.97 Å². The standard InChI is InChI=1S/C64H120N2O21/c1-4-6-8-10-12-14-16-18-19-20-21-22-23-24-25-26-27-29-31-33-35-37-46(71)45(66-51(74)38-36-34-32-30-28-17-15-13-11-9-7-5-2)43-82-61-56(78)55(77)58(50(42-69)84-61)85-62-57(79)60(54(76)49(41-68)83-62)87-64(63(80)81)39-47(72)52(65-44(3)70)59(86-64)53(75)48(73)40-67/h45-50,52-62,67-69,71-73,75-79H,4-43H2,1-3H3,(H,65,70)(H,66,74)(H,80,81). The van der Waals surface area contributed by atoms with Crippen LogP contribution in [0.15, 0.2) is 0 Å². The van der Waals surface area contributed by atoms with E-state index in [2.05, 4.69) is 24.5 Å². The van der Waals surface area contributed by atoms with Crippen LogP contribution in [0.2, 0.25) is 0 Å². The Hall–Kier alpha value is -2.27. The number of ether oxygens (including phenoxy) is 6. The van der Waals surface area contributed by atoms with Gasteiger partial charge < -0.3 is 100 Å². The molecule has 87 heavy (non-hydrogen) atoms. The molecule has 3 saturated heterocycles. The number of carboxylic acids is 1. The van der Waals surface area contributed by atoms with Crippen molar-refractivity contribution in [3.8, 4) is 0 Å². The lowest BCUT2D eigenvalue weighted by Crippen LogP contribution is -2.70. The number of carboxylic acid groups (broad SMARTS) is 1. The molecule has 0 bridgehead atoms. The number of unbranched alkanes of at least 4 members (excludes halogenated alkanes) is 31. The minimum Gasteiger partial charge on any atom is -0.477 e. The van der Waals surface area contributed by atoms with Crippen molar-refractivity contribution in [3.05, 3.63) is 0 Å². The minimum atomic E-state index is -3.08. The molecule has 0 aromatic rings. The van der Waals surface area contributed by atoms with E-state index in [0.29, 0.717) is 19.3 Å². The number of rotatable bonds is 51. The summed E-state index contributed by atoms with van der Waals surface area (Å²) in [5.74, 6) is -6.09. The third kappa shape index (κ3) is 29.1. The second kappa shape index (κ2) is 45.9. The highest BCUT2D eigenvalue weighted by Crippen LogP contribution is 2.39. The maximum atomic E-state index is 13.4. The zero-order chi connectivity index (χ0) is 64.0. The van der Waals surface area contributed by atoms with E-state index in [-0.39, 0.29) is 18.9 Å². The first-order valence-corrected chi connectivity index (χ1v) is 33.9. The molecule has 3 heterocycles. The maximum Gasteiger partial charge on any atom is 0.364 e. The monoisotopic (exact) mass is 1250 g/mol. The number of aliphatic hydroxyl groups is 11. The Labute approximate surface area is 519 Å². The van der Waals surface area contributed by atoms with Crippen LogP contribution in [0.3, 0.4) is 0 Å². The Morgan fingerprint density at radius 2 is 1.00 bits per heavy atom. The Morgan fingerprint density at radius 1 is 0.552 bits per heavy atom. The summed E-state index contributed by atoms with van der Waals surface area (Å²) in [4.78, 5) is 38.5. The van der Waals surface area contributed by atoms with E-state index < -0.39 is 148 Å². The molecule has 512 valence electrons. The first kappa shape index (κ1) is 79.0. The van der Waals surface area contributed by atoms with E-state index in [9.17, 15) is 75.7 Å². The summed E-state index contributed by atoms with van der Waals surface area (Å²) >= 11 is 0. The first-order chi connectivity index (χ1) is 41.9. The van der Waals surface area contributed by atoms with Crippen molar-refractivity contribution in [2.24, 2.45) is 0 Å². The third-order valence-corrected chi connectivity index (χ3v) is 17.6. The van der Waals surface area contributed by atoms with Crippen molar-refractivity contribution in [3.63, 3.8) is 0 Å². The molecular formula is C64H120N2O21. The van der Waals surface area contributed by atoms with Crippen LogP contribution in [0.5, 0.6) is 0 Å². The van der Waals surface area contributed by atoms with Crippen molar-refractivity contribution >= 4 is 17.8 Å². The number of carbonyl (C=O) groups is 3. The van der Waals surface area contributed by atoms with Gasteiger partial charge in [0.15, 0.2) is 12.6 Å². The van der Waals surface area contributed by atoms with E-state index in [1.54, 1.807) is 0 Å². The van der Waals surface area contributed by atoms with Gasteiger partial charge in [-0.2, -0.15) is 0 Å². The maximum absolute atomic E-state index is 13.4. The van der Waals surface area contributed by atoms with Gasteiger partial charge in [-0.05, 0) is 12.8 Å². The molecule has 0 radical (unpaired) electrons. The van der Waals surface area contributed by atoms with Crippen LogP contribution in [-0.2, 0) is 42.8 Å². The highest BCUT2D eigenvalue weighted by molar-refractivity contribution is 5.77. The minimum absolute atomic E-state index is 0.228. The van der Waals surface area contributed by atoms with Crippen molar-refractivity contribution in [1.82, 2.24) is 10.6 Å². The molecule has 0 aliphatic carbocycles. The Bertz CT molecular complexity index is 1780. The largest absolute Gasteiger partial charge is 0.477 e. The molecule has 0 spiro atoms. The topological polar surface area (TPSA) is 373 Å². The van der Waals surface area contributed by atoms with Crippen molar-refractivity contribution in [2.75, 3.05) is 26.4 Å². The van der Waals surface area contributed by atoms with Gasteiger partial charge in [0.2, 0.25) is 11.8 Å². The molecule has 18 unspecified atom stereocenters. The lowest BCUT2D eigenvalue weighted by molar-refractivity contribution is -0.386. The fourth-order valence-electron chi connectivity index (χ4n) is 12.1. The summed E-state index contributed by atoms with van der Waals surface area (Å²) in [5.41, 5.74) is 0. The number of nitrogens with one attached hydrogen (secondary N) is 2. The van der Waals surface area contributed by atoms with Crippen LogP contribution in [0.25, 0.3) is 0 Å². The molecule has 0 aromatic carbocycles. The van der Waals surface area contributed by atoms with Gasteiger partial charge in [-0.15, -0.1) is 0 Å². The normalized spacial score (nSPS) is 29.1. The summed E-state index contributed by atoms with van der Waals surface area (Å²) in [5, 5.41) is 136. The van der Waals surface area contributed by atoms with Gasteiger partial charge in [-0.1, -0.05) is 219 Å². The number of hydrogen-bond acceptors (Lipinski definition) is 20. The molecule has 0 aromatic heterocycles. The lowest BCUT2D eigenvalue weighted by Gasteiger charge is -2.50. The number of carbonyl (C=O) groups excluding carboxylic acids is 2. The van der Waals surface area contributed by atoms with E-state index >= 15 is 0 Å². The number of amides is 2. The molecular weight excluding hydrogens is 1130 g/mol. The number of aliphatic carboxylic acids is 1.